The standard InChI is InChI=1S/C16H16ClNO5S/c1-22-16(19)10-11-23-12-6-8-13(9-7-12)24(20,21)18-15-5-3-2-4-14(15)17/h2-9,18H,10-11H2,1H3. The zero-order chi connectivity index (χ0) is 17.6. The molecule has 0 bridgehead atoms. The molecule has 0 aliphatic heterocycles. The van der Waals surface area contributed by atoms with E-state index in [2.05, 4.69) is 9.46 Å². The maximum absolute atomic E-state index is 12.3. The van der Waals surface area contributed by atoms with Crippen LogP contribution < -0.4 is 9.46 Å². The SMILES string of the molecule is COC(=O)CCOc1ccc(S(=O)(=O)Nc2ccccc2Cl)cc1. The van der Waals surface area contributed by atoms with E-state index in [0.717, 1.165) is 0 Å². The Morgan fingerprint density at radius 1 is 1.12 bits per heavy atom. The van der Waals surface area contributed by atoms with Crippen molar-refractivity contribution < 1.29 is 22.7 Å². The topological polar surface area (TPSA) is 81.7 Å². The van der Waals surface area contributed by atoms with Crippen LogP contribution in [0.5, 0.6) is 5.75 Å². The fraction of sp³-hybridized carbons (Fsp3) is 0.188. The highest BCUT2D eigenvalue weighted by molar-refractivity contribution is 7.92. The Kier molecular flexibility index (Phi) is 6.05. The fourth-order valence-corrected chi connectivity index (χ4v) is 3.14. The predicted molar refractivity (Wildman–Crippen MR) is 90.8 cm³/mol. The van der Waals surface area contributed by atoms with E-state index in [-0.39, 0.29) is 23.9 Å². The van der Waals surface area contributed by atoms with Gasteiger partial charge in [-0.05, 0) is 36.4 Å². The van der Waals surface area contributed by atoms with Gasteiger partial charge in [0.15, 0.2) is 0 Å². The van der Waals surface area contributed by atoms with Gasteiger partial charge in [-0.1, -0.05) is 23.7 Å². The van der Waals surface area contributed by atoms with Crippen LogP contribution in [0.3, 0.4) is 0 Å². The Hall–Kier alpha value is -2.25. The van der Waals surface area contributed by atoms with Crippen LogP contribution in [-0.2, 0) is 19.6 Å². The molecule has 0 spiro atoms. The van der Waals surface area contributed by atoms with E-state index < -0.39 is 10.0 Å². The second-order valence-corrected chi connectivity index (χ2v) is 6.82. The van der Waals surface area contributed by atoms with E-state index in [4.69, 9.17) is 16.3 Å². The normalized spacial score (nSPS) is 10.9. The third kappa shape index (κ3) is 4.87. The number of nitrogens with one attached hydrogen (secondary N) is 1. The number of halogens is 1. The molecule has 0 aliphatic carbocycles. The van der Waals surface area contributed by atoms with Crippen molar-refractivity contribution in [3.8, 4) is 5.75 Å². The average molecular weight is 370 g/mol. The van der Waals surface area contributed by atoms with Crippen LogP contribution in [0.25, 0.3) is 0 Å². The van der Waals surface area contributed by atoms with Crippen molar-refractivity contribution in [3.05, 3.63) is 53.6 Å². The van der Waals surface area contributed by atoms with Gasteiger partial charge in [0.25, 0.3) is 10.0 Å². The molecule has 8 heteroatoms. The van der Waals surface area contributed by atoms with E-state index in [1.54, 1.807) is 24.3 Å². The molecule has 0 amide bonds. The summed E-state index contributed by atoms with van der Waals surface area (Å²) in [4.78, 5) is 11.1. The monoisotopic (exact) mass is 369 g/mol. The van der Waals surface area contributed by atoms with Crippen molar-refractivity contribution in [1.29, 1.82) is 0 Å². The minimum absolute atomic E-state index is 0.0720. The maximum Gasteiger partial charge on any atom is 0.308 e. The molecule has 0 aromatic heterocycles. The molecule has 0 unspecified atom stereocenters. The minimum Gasteiger partial charge on any atom is -0.493 e. The number of sulfonamides is 1. The number of methoxy groups -OCH3 is 1. The first-order chi connectivity index (χ1) is 11.4. The average Bonchev–Trinajstić information content (AvgIpc) is 2.57. The van der Waals surface area contributed by atoms with Crippen LogP contribution in [0.4, 0.5) is 5.69 Å². The smallest absolute Gasteiger partial charge is 0.308 e. The Balaban J connectivity index is 2.04. The molecule has 128 valence electrons. The zero-order valence-electron chi connectivity index (χ0n) is 12.9. The third-order valence-corrected chi connectivity index (χ3v) is 4.77. The van der Waals surface area contributed by atoms with Gasteiger partial charge in [0.2, 0.25) is 0 Å². The van der Waals surface area contributed by atoms with Crippen LogP contribution in [0, 0.1) is 0 Å². The maximum atomic E-state index is 12.3. The first kappa shape index (κ1) is 18.1. The van der Waals surface area contributed by atoms with Gasteiger partial charge in [0, 0.05) is 0 Å². The molecular weight excluding hydrogens is 354 g/mol. The lowest BCUT2D eigenvalue weighted by Gasteiger charge is -2.10. The lowest BCUT2D eigenvalue weighted by Crippen LogP contribution is -2.13. The summed E-state index contributed by atoms with van der Waals surface area (Å²) >= 11 is 5.95. The number of rotatable bonds is 7. The van der Waals surface area contributed by atoms with Crippen LogP contribution in [0.2, 0.25) is 5.02 Å². The first-order valence-electron chi connectivity index (χ1n) is 6.99. The van der Waals surface area contributed by atoms with Crippen molar-refractivity contribution in [2.24, 2.45) is 0 Å². The molecule has 24 heavy (non-hydrogen) atoms. The molecule has 0 saturated carbocycles. The Morgan fingerprint density at radius 3 is 2.42 bits per heavy atom. The molecule has 0 fully saturated rings. The highest BCUT2D eigenvalue weighted by Gasteiger charge is 2.15. The van der Waals surface area contributed by atoms with E-state index in [9.17, 15) is 13.2 Å². The Labute approximate surface area is 145 Å². The minimum atomic E-state index is -3.75. The van der Waals surface area contributed by atoms with E-state index in [1.165, 1.54) is 31.4 Å². The number of hydrogen-bond donors (Lipinski definition) is 1. The summed E-state index contributed by atoms with van der Waals surface area (Å²) in [6, 6.07) is 12.4. The summed E-state index contributed by atoms with van der Waals surface area (Å²) in [6.07, 6.45) is 0.116. The Morgan fingerprint density at radius 2 is 1.79 bits per heavy atom. The zero-order valence-corrected chi connectivity index (χ0v) is 14.4. The number of carbonyl (C=O) groups is 1. The summed E-state index contributed by atoms with van der Waals surface area (Å²) in [5.74, 6) is 0.0775. The molecule has 0 atom stereocenters. The second kappa shape index (κ2) is 8.03. The second-order valence-electron chi connectivity index (χ2n) is 4.73. The van der Waals surface area contributed by atoms with Crippen molar-refractivity contribution >= 4 is 33.3 Å². The summed E-state index contributed by atoms with van der Waals surface area (Å²) in [5.41, 5.74) is 0.303. The van der Waals surface area contributed by atoms with Gasteiger partial charge in [-0.15, -0.1) is 0 Å². The molecule has 0 saturated heterocycles. The number of para-hydroxylation sites is 1. The molecular formula is C16H16ClNO5S. The summed E-state index contributed by atoms with van der Waals surface area (Å²) in [5, 5.41) is 0.309. The number of benzene rings is 2. The largest absolute Gasteiger partial charge is 0.493 e. The van der Waals surface area contributed by atoms with Crippen molar-refractivity contribution in [1.82, 2.24) is 0 Å². The van der Waals surface area contributed by atoms with E-state index >= 15 is 0 Å². The van der Waals surface area contributed by atoms with Crippen LogP contribution >= 0.6 is 11.6 Å². The quantitative estimate of drug-likeness (QED) is 0.758. The Bertz CT molecular complexity index is 805. The van der Waals surface area contributed by atoms with Gasteiger partial charge >= 0.3 is 5.97 Å². The van der Waals surface area contributed by atoms with Crippen LogP contribution in [0.15, 0.2) is 53.4 Å². The summed E-state index contributed by atoms with van der Waals surface area (Å²) in [7, 11) is -2.46. The lowest BCUT2D eigenvalue weighted by molar-refractivity contribution is -0.141. The predicted octanol–water partition coefficient (Wildman–Crippen LogP) is 3.08. The van der Waals surface area contributed by atoms with Gasteiger partial charge in [-0.3, -0.25) is 9.52 Å². The number of anilines is 1. The molecule has 0 aliphatic rings. The fourth-order valence-electron chi connectivity index (χ4n) is 1.82. The molecule has 2 rings (SSSR count). The molecule has 2 aromatic carbocycles. The van der Waals surface area contributed by atoms with Crippen LogP contribution in [-0.4, -0.2) is 28.1 Å². The first-order valence-corrected chi connectivity index (χ1v) is 8.85. The highest BCUT2D eigenvalue weighted by Crippen LogP contribution is 2.24. The van der Waals surface area contributed by atoms with Crippen molar-refractivity contribution in [3.63, 3.8) is 0 Å². The van der Waals surface area contributed by atoms with Gasteiger partial charge < -0.3 is 9.47 Å². The highest BCUT2D eigenvalue weighted by atomic mass is 35.5. The van der Waals surface area contributed by atoms with E-state index in [0.29, 0.717) is 16.5 Å². The number of esters is 1. The molecule has 1 N–H and O–H groups in total. The summed E-state index contributed by atoms with van der Waals surface area (Å²) < 4.78 is 36.9. The molecule has 0 radical (unpaired) electrons. The van der Waals surface area contributed by atoms with E-state index in [1.807, 2.05) is 0 Å². The molecule has 0 heterocycles. The number of carbonyl (C=O) groups excluding carboxylic acids is 1. The van der Waals surface area contributed by atoms with Crippen molar-refractivity contribution in [2.75, 3.05) is 18.4 Å². The van der Waals surface area contributed by atoms with Gasteiger partial charge in [-0.25, -0.2) is 8.42 Å². The third-order valence-electron chi connectivity index (χ3n) is 3.05. The van der Waals surface area contributed by atoms with Crippen molar-refractivity contribution in [2.45, 2.75) is 11.3 Å². The van der Waals surface area contributed by atoms with Gasteiger partial charge in [0.05, 0.1) is 35.7 Å². The molecule has 6 nitrogen and oxygen atoms in total. The number of ether oxygens (including phenoxy) is 2. The van der Waals surface area contributed by atoms with Gasteiger partial charge in [-0.2, -0.15) is 0 Å². The van der Waals surface area contributed by atoms with Gasteiger partial charge in [0.1, 0.15) is 5.75 Å². The lowest BCUT2D eigenvalue weighted by atomic mass is 10.3. The summed E-state index contributed by atoms with van der Waals surface area (Å²) in [6.45, 7) is 0.149. The number of hydrogen-bond acceptors (Lipinski definition) is 5. The molecule has 2 aromatic rings. The van der Waals surface area contributed by atoms with Crippen LogP contribution in [0.1, 0.15) is 6.42 Å².